The minimum Gasteiger partial charge on any atom is -0.304 e. The number of thiophene rings is 1. The molecular formula is C18H19N2O4PS. The molecule has 136 valence electrons. The van der Waals surface area contributed by atoms with E-state index in [2.05, 4.69) is 10.2 Å². The van der Waals surface area contributed by atoms with Crippen LogP contribution in [0, 0.1) is 0 Å². The fourth-order valence-electron chi connectivity index (χ4n) is 2.58. The number of H-pyrrole nitrogens is 1. The van der Waals surface area contributed by atoms with Gasteiger partial charge in [0, 0.05) is 10.4 Å². The van der Waals surface area contributed by atoms with Crippen molar-refractivity contribution in [2.75, 3.05) is 13.2 Å². The van der Waals surface area contributed by atoms with Crippen LogP contribution in [0.15, 0.2) is 47.8 Å². The van der Waals surface area contributed by atoms with Gasteiger partial charge in [-0.15, -0.1) is 11.3 Å². The number of hydrogen-bond donors (Lipinski definition) is 1. The molecule has 1 N–H and O–H groups in total. The number of rotatable bonds is 8. The average Bonchev–Trinajstić information content (AvgIpc) is 3.31. The van der Waals surface area contributed by atoms with Gasteiger partial charge in [-0.05, 0) is 25.3 Å². The molecule has 2 heterocycles. The van der Waals surface area contributed by atoms with Crippen molar-refractivity contribution in [2.45, 2.75) is 13.8 Å². The summed E-state index contributed by atoms with van der Waals surface area (Å²) in [6, 6.07) is 12.6. The molecule has 0 fully saturated rings. The molecule has 0 aliphatic rings. The lowest BCUT2D eigenvalue weighted by atomic mass is 10.0. The van der Waals surface area contributed by atoms with Gasteiger partial charge in [0.15, 0.2) is 5.44 Å². The first-order chi connectivity index (χ1) is 12.6. The van der Waals surface area contributed by atoms with Crippen molar-refractivity contribution in [3.63, 3.8) is 0 Å². The molecule has 0 unspecified atom stereocenters. The molecule has 0 saturated heterocycles. The van der Waals surface area contributed by atoms with Crippen LogP contribution in [-0.2, 0) is 13.6 Å². The molecule has 0 aliphatic carbocycles. The SMILES string of the molecule is CCOP(=O)(OCC)c1[nH]nc(C(=O)c2ccccc2)c1-c1cccs1. The Balaban J connectivity index is 2.17. The standard InChI is InChI=1S/C18H19N2O4PS/c1-3-23-25(22,24-4-2)18-15(14-11-8-12-26-14)16(19-20-18)17(21)13-9-6-5-7-10-13/h5-12H,3-4H2,1-2H3,(H,19,20). The largest absolute Gasteiger partial charge is 0.379 e. The summed E-state index contributed by atoms with van der Waals surface area (Å²) in [6.07, 6.45) is 0. The molecule has 1 aromatic carbocycles. The highest BCUT2D eigenvalue weighted by Crippen LogP contribution is 2.49. The van der Waals surface area contributed by atoms with Gasteiger partial charge in [0.05, 0.1) is 18.8 Å². The summed E-state index contributed by atoms with van der Waals surface area (Å²) < 4.78 is 24.2. The zero-order valence-electron chi connectivity index (χ0n) is 14.5. The number of aromatic amines is 1. The first-order valence-corrected chi connectivity index (χ1v) is 10.6. The van der Waals surface area contributed by atoms with E-state index in [9.17, 15) is 9.36 Å². The summed E-state index contributed by atoms with van der Waals surface area (Å²) in [7, 11) is -3.62. The second kappa shape index (κ2) is 8.10. The topological polar surface area (TPSA) is 81.3 Å². The summed E-state index contributed by atoms with van der Waals surface area (Å²) >= 11 is 1.43. The van der Waals surface area contributed by atoms with Gasteiger partial charge in [-0.25, -0.2) is 0 Å². The van der Waals surface area contributed by atoms with Crippen LogP contribution >= 0.6 is 18.9 Å². The summed E-state index contributed by atoms with van der Waals surface area (Å²) in [5.74, 6) is -0.254. The van der Waals surface area contributed by atoms with Crippen molar-refractivity contribution < 1.29 is 18.4 Å². The lowest BCUT2D eigenvalue weighted by Crippen LogP contribution is -2.15. The van der Waals surface area contributed by atoms with Gasteiger partial charge in [-0.2, -0.15) is 5.10 Å². The maximum absolute atomic E-state index is 13.3. The Hall–Kier alpha value is -2.05. The number of carbonyl (C=O) groups is 1. The van der Waals surface area contributed by atoms with Gasteiger partial charge < -0.3 is 9.05 Å². The zero-order valence-corrected chi connectivity index (χ0v) is 16.2. The number of hydrogen-bond acceptors (Lipinski definition) is 6. The first-order valence-electron chi connectivity index (χ1n) is 8.22. The molecule has 6 nitrogen and oxygen atoms in total. The van der Waals surface area contributed by atoms with Crippen LogP contribution in [0.5, 0.6) is 0 Å². The third-order valence-electron chi connectivity index (χ3n) is 3.64. The number of ketones is 1. The molecule has 2 aromatic heterocycles. The van der Waals surface area contributed by atoms with Crippen LogP contribution in [0.25, 0.3) is 10.4 Å². The monoisotopic (exact) mass is 390 g/mol. The molecule has 8 heteroatoms. The highest BCUT2D eigenvalue weighted by Gasteiger charge is 2.36. The Labute approximate surface area is 155 Å². The van der Waals surface area contributed by atoms with Crippen LogP contribution < -0.4 is 5.44 Å². The van der Waals surface area contributed by atoms with E-state index < -0.39 is 7.60 Å². The number of carbonyl (C=O) groups excluding carboxylic acids is 1. The molecule has 0 spiro atoms. The second-order valence-corrected chi connectivity index (χ2v) is 8.21. The van der Waals surface area contributed by atoms with Crippen LogP contribution in [0.3, 0.4) is 0 Å². The summed E-state index contributed by atoms with van der Waals surface area (Å²) in [6.45, 7) is 3.90. The molecule has 0 saturated carbocycles. The molecule has 0 amide bonds. The predicted octanol–water partition coefficient (Wildman–Crippen LogP) is 4.26. The maximum Gasteiger partial charge on any atom is 0.379 e. The van der Waals surface area contributed by atoms with Gasteiger partial charge in [-0.3, -0.25) is 14.5 Å². The third kappa shape index (κ3) is 3.57. The molecule has 26 heavy (non-hydrogen) atoms. The van der Waals surface area contributed by atoms with Gasteiger partial charge in [0.25, 0.3) is 0 Å². The van der Waals surface area contributed by atoms with Crippen molar-refractivity contribution in [1.82, 2.24) is 10.2 Å². The van der Waals surface area contributed by atoms with Crippen LogP contribution in [0.2, 0.25) is 0 Å². The van der Waals surface area contributed by atoms with Gasteiger partial charge >= 0.3 is 7.60 Å². The second-order valence-electron chi connectivity index (χ2n) is 5.30. The van der Waals surface area contributed by atoms with Crippen LogP contribution in [0.1, 0.15) is 29.9 Å². The van der Waals surface area contributed by atoms with Gasteiger partial charge in [-0.1, -0.05) is 36.4 Å². The number of aromatic nitrogens is 2. The van der Waals surface area contributed by atoms with Crippen molar-refractivity contribution in [1.29, 1.82) is 0 Å². The van der Waals surface area contributed by atoms with Crippen molar-refractivity contribution in [3.05, 3.63) is 59.1 Å². The Morgan fingerprint density at radius 3 is 2.38 bits per heavy atom. The normalized spacial score (nSPS) is 11.6. The molecule has 3 aromatic rings. The number of nitrogens with one attached hydrogen (secondary N) is 1. The van der Waals surface area contributed by atoms with E-state index in [1.165, 1.54) is 11.3 Å². The minimum atomic E-state index is -3.62. The van der Waals surface area contributed by atoms with E-state index in [1.54, 1.807) is 38.1 Å². The molecule has 3 rings (SSSR count). The number of nitrogens with zero attached hydrogens (tertiary/aromatic N) is 1. The molecule has 0 radical (unpaired) electrons. The maximum atomic E-state index is 13.3. The smallest absolute Gasteiger partial charge is 0.304 e. The van der Waals surface area contributed by atoms with E-state index in [0.29, 0.717) is 11.1 Å². The highest BCUT2D eigenvalue weighted by molar-refractivity contribution is 7.62. The Kier molecular flexibility index (Phi) is 5.84. The predicted molar refractivity (Wildman–Crippen MR) is 102 cm³/mol. The van der Waals surface area contributed by atoms with Crippen LogP contribution in [-0.4, -0.2) is 29.2 Å². The van der Waals surface area contributed by atoms with Crippen LogP contribution in [0.4, 0.5) is 0 Å². The van der Waals surface area contributed by atoms with Crippen molar-refractivity contribution >= 4 is 30.2 Å². The molecule has 0 aliphatic heterocycles. The minimum absolute atomic E-state index is 0.202. The molecule has 0 bridgehead atoms. The quantitative estimate of drug-likeness (QED) is 0.459. The Morgan fingerprint density at radius 1 is 1.12 bits per heavy atom. The van der Waals surface area contributed by atoms with Gasteiger partial charge in [0.1, 0.15) is 5.69 Å². The van der Waals surface area contributed by atoms with E-state index >= 15 is 0 Å². The van der Waals surface area contributed by atoms with E-state index in [-0.39, 0.29) is 30.1 Å². The summed E-state index contributed by atoms with van der Waals surface area (Å²) in [5.41, 5.74) is 1.39. The summed E-state index contributed by atoms with van der Waals surface area (Å²) in [5, 5.41) is 8.81. The Bertz CT molecular complexity index is 912. The fraction of sp³-hybridized carbons (Fsp3) is 0.222. The lowest BCUT2D eigenvalue weighted by Gasteiger charge is -2.16. The van der Waals surface area contributed by atoms with Crippen molar-refractivity contribution in [3.8, 4) is 10.4 Å². The summed E-state index contributed by atoms with van der Waals surface area (Å²) in [4.78, 5) is 13.7. The fourth-order valence-corrected chi connectivity index (χ4v) is 5.12. The highest BCUT2D eigenvalue weighted by atomic mass is 32.1. The average molecular weight is 390 g/mol. The van der Waals surface area contributed by atoms with Crippen molar-refractivity contribution in [2.24, 2.45) is 0 Å². The number of benzene rings is 1. The Morgan fingerprint density at radius 2 is 1.81 bits per heavy atom. The molecule has 0 atom stereocenters. The van der Waals surface area contributed by atoms with E-state index in [1.807, 2.05) is 23.6 Å². The third-order valence-corrected chi connectivity index (χ3v) is 6.59. The zero-order chi connectivity index (χ0) is 18.6. The lowest BCUT2D eigenvalue weighted by molar-refractivity contribution is 0.103. The molecular weight excluding hydrogens is 371 g/mol. The van der Waals surface area contributed by atoms with E-state index in [4.69, 9.17) is 9.05 Å². The van der Waals surface area contributed by atoms with E-state index in [0.717, 1.165) is 4.88 Å². The first kappa shape index (κ1) is 18.7. The van der Waals surface area contributed by atoms with Gasteiger partial charge in [0.2, 0.25) is 5.78 Å².